The van der Waals surface area contributed by atoms with Gasteiger partial charge in [0.15, 0.2) is 17.5 Å². The van der Waals surface area contributed by atoms with Crippen molar-refractivity contribution in [2.45, 2.75) is 12.3 Å². The van der Waals surface area contributed by atoms with Crippen LogP contribution >= 0.6 is 35.7 Å². The molecule has 0 bridgehead atoms. The van der Waals surface area contributed by atoms with Crippen LogP contribution in [0.5, 0.6) is 11.5 Å². The maximum atomic E-state index is 13.5. The van der Waals surface area contributed by atoms with Crippen LogP contribution < -0.4 is 20.5 Å². The number of methoxy groups -OCH3 is 2. The Balaban J connectivity index is 0.00000364. The van der Waals surface area contributed by atoms with Crippen LogP contribution in [0.4, 0.5) is 4.39 Å². The molecule has 0 fully saturated rings. The zero-order valence-corrected chi connectivity index (χ0v) is 18.6. The summed E-state index contributed by atoms with van der Waals surface area (Å²) in [4.78, 5) is 4.31. The van der Waals surface area contributed by atoms with Crippen molar-refractivity contribution in [2.75, 3.05) is 26.5 Å². The number of halogens is 2. The topological polar surface area (TPSA) is 68.9 Å². The molecule has 3 N–H and O–H groups in total. The predicted octanol–water partition coefficient (Wildman–Crippen LogP) is 3.80. The van der Waals surface area contributed by atoms with E-state index in [1.807, 2.05) is 24.3 Å². The Kier molecular flexibility index (Phi) is 11.0. The number of hydrogen-bond donors (Lipinski definition) is 2. The number of hydrogen-bond acceptors (Lipinski definition) is 4. The fourth-order valence-electron chi connectivity index (χ4n) is 2.26. The largest absolute Gasteiger partial charge is 0.493 e. The third-order valence-electron chi connectivity index (χ3n) is 3.65. The first-order valence-corrected chi connectivity index (χ1v) is 9.35. The van der Waals surface area contributed by atoms with E-state index in [-0.39, 0.29) is 29.8 Å². The SMILES string of the molecule is COc1ccc(CN=C(N)NCCSCc2ccccc2F)cc1OC.I. The molecule has 8 heteroatoms. The number of benzene rings is 2. The summed E-state index contributed by atoms with van der Waals surface area (Å²) in [6.45, 7) is 1.11. The molecule has 0 spiro atoms. The van der Waals surface area contributed by atoms with Crippen molar-refractivity contribution < 1.29 is 13.9 Å². The van der Waals surface area contributed by atoms with Gasteiger partial charge in [-0.1, -0.05) is 24.3 Å². The van der Waals surface area contributed by atoms with E-state index in [1.54, 1.807) is 38.1 Å². The average molecular weight is 505 g/mol. The van der Waals surface area contributed by atoms with Gasteiger partial charge in [-0.25, -0.2) is 9.38 Å². The molecule has 0 heterocycles. The summed E-state index contributed by atoms with van der Waals surface area (Å²) in [6, 6.07) is 12.5. The molecule has 2 aromatic carbocycles. The zero-order chi connectivity index (χ0) is 18.8. The van der Waals surface area contributed by atoms with E-state index in [2.05, 4.69) is 10.3 Å². The third kappa shape index (κ3) is 7.84. The summed E-state index contributed by atoms with van der Waals surface area (Å²) in [5, 5.41) is 3.06. The molecule has 0 unspecified atom stereocenters. The molecular formula is C19H25FIN3O2S. The van der Waals surface area contributed by atoms with E-state index in [1.165, 1.54) is 6.07 Å². The van der Waals surface area contributed by atoms with Crippen molar-refractivity contribution in [1.82, 2.24) is 5.32 Å². The molecule has 5 nitrogen and oxygen atoms in total. The Labute approximate surface area is 180 Å². The second-order valence-electron chi connectivity index (χ2n) is 5.46. The Morgan fingerprint density at radius 2 is 1.89 bits per heavy atom. The van der Waals surface area contributed by atoms with E-state index in [0.717, 1.165) is 11.3 Å². The van der Waals surface area contributed by atoms with Crippen LogP contribution in [0.1, 0.15) is 11.1 Å². The lowest BCUT2D eigenvalue weighted by atomic mass is 10.2. The summed E-state index contributed by atoms with van der Waals surface area (Å²) in [5.74, 6) is 3.00. The van der Waals surface area contributed by atoms with Crippen LogP contribution in [0.25, 0.3) is 0 Å². The summed E-state index contributed by atoms with van der Waals surface area (Å²) in [6.07, 6.45) is 0. The minimum Gasteiger partial charge on any atom is -0.493 e. The predicted molar refractivity (Wildman–Crippen MR) is 121 cm³/mol. The van der Waals surface area contributed by atoms with E-state index in [0.29, 0.717) is 41.9 Å². The Morgan fingerprint density at radius 1 is 1.15 bits per heavy atom. The van der Waals surface area contributed by atoms with Gasteiger partial charge in [0.05, 0.1) is 20.8 Å². The highest BCUT2D eigenvalue weighted by atomic mass is 127. The van der Waals surface area contributed by atoms with E-state index in [4.69, 9.17) is 15.2 Å². The van der Waals surface area contributed by atoms with Gasteiger partial charge >= 0.3 is 0 Å². The maximum absolute atomic E-state index is 13.5. The molecular weight excluding hydrogens is 480 g/mol. The van der Waals surface area contributed by atoms with Crippen LogP contribution in [0, 0.1) is 5.82 Å². The fraction of sp³-hybridized carbons (Fsp3) is 0.316. The molecule has 0 saturated heterocycles. The highest BCUT2D eigenvalue weighted by Crippen LogP contribution is 2.27. The molecule has 0 amide bonds. The van der Waals surface area contributed by atoms with Gasteiger partial charge in [0.25, 0.3) is 0 Å². The molecule has 0 radical (unpaired) electrons. The van der Waals surface area contributed by atoms with Crippen molar-refractivity contribution in [2.24, 2.45) is 10.7 Å². The van der Waals surface area contributed by atoms with Gasteiger partial charge in [0.2, 0.25) is 0 Å². The minimum atomic E-state index is -0.163. The first-order chi connectivity index (χ1) is 12.6. The number of nitrogens with zero attached hydrogens (tertiary/aromatic N) is 1. The van der Waals surface area contributed by atoms with Gasteiger partial charge in [0, 0.05) is 18.1 Å². The van der Waals surface area contributed by atoms with Crippen LogP contribution in [0.15, 0.2) is 47.5 Å². The van der Waals surface area contributed by atoms with E-state index >= 15 is 0 Å². The van der Waals surface area contributed by atoms with Gasteiger partial charge < -0.3 is 20.5 Å². The molecule has 27 heavy (non-hydrogen) atoms. The summed E-state index contributed by atoms with van der Waals surface area (Å²) < 4.78 is 24.0. The zero-order valence-electron chi connectivity index (χ0n) is 15.4. The lowest BCUT2D eigenvalue weighted by molar-refractivity contribution is 0.354. The number of guanidine groups is 1. The second-order valence-corrected chi connectivity index (χ2v) is 6.57. The van der Waals surface area contributed by atoms with Crippen LogP contribution in [0.3, 0.4) is 0 Å². The number of rotatable bonds is 9. The quantitative estimate of drug-likeness (QED) is 0.235. The third-order valence-corrected chi connectivity index (χ3v) is 4.66. The Morgan fingerprint density at radius 3 is 2.59 bits per heavy atom. The molecule has 0 aromatic heterocycles. The van der Waals surface area contributed by atoms with E-state index in [9.17, 15) is 4.39 Å². The minimum absolute atomic E-state index is 0. The normalized spacial score (nSPS) is 10.9. The second kappa shape index (κ2) is 12.7. The summed E-state index contributed by atoms with van der Waals surface area (Å²) in [7, 11) is 3.20. The molecule has 0 atom stereocenters. The van der Waals surface area contributed by atoms with Gasteiger partial charge in [-0.2, -0.15) is 11.8 Å². The van der Waals surface area contributed by atoms with Crippen molar-refractivity contribution in [3.63, 3.8) is 0 Å². The first-order valence-electron chi connectivity index (χ1n) is 8.20. The number of ether oxygens (including phenoxy) is 2. The lowest BCUT2D eigenvalue weighted by Gasteiger charge is -2.09. The van der Waals surface area contributed by atoms with Crippen molar-refractivity contribution >= 4 is 41.7 Å². The van der Waals surface area contributed by atoms with Crippen molar-refractivity contribution in [1.29, 1.82) is 0 Å². The number of aliphatic imine (C=N–C) groups is 1. The van der Waals surface area contributed by atoms with E-state index < -0.39 is 0 Å². The highest BCUT2D eigenvalue weighted by molar-refractivity contribution is 14.0. The molecule has 2 rings (SSSR count). The van der Waals surface area contributed by atoms with Gasteiger partial charge in [-0.05, 0) is 29.3 Å². The lowest BCUT2D eigenvalue weighted by Crippen LogP contribution is -2.33. The van der Waals surface area contributed by atoms with Gasteiger partial charge in [0.1, 0.15) is 5.82 Å². The Bertz CT molecular complexity index is 747. The fourth-order valence-corrected chi connectivity index (χ4v) is 3.10. The first kappa shape index (κ1) is 23.4. The molecule has 0 aliphatic rings. The van der Waals surface area contributed by atoms with Gasteiger partial charge in [-0.3, -0.25) is 0 Å². The molecule has 2 aromatic rings. The average Bonchev–Trinajstić information content (AvgIpc) is 2.67. The molecule has 0 aliphatic heterocycles. The van der Waals surface area contributed by atoms with Crippen LogP contribution in [-0.4, -0.2) is 32.5 Å². The number of nitrogens with two attached hydrogens (primary N) is 1. The number of nitrogens with one attached hydrogen (secondary N) is 1. The van der Waals surface area contributed by atoms with Crippen molar-refractivity contribution in [3.8, 4) is 11.5 Å². The van der Waals surface area contributed by atoms with Gasteiger partial charge in [-0.15, -0.1) is 24.0 Å². The summed E-state index contributed by atoms with van der Waals surface area (Å²) >= 11 is 1.64. The summed E-state index contributed by atoms with van der Waals surface area (Å²) in [5.41, 5.74) is 7.57. The van der Waals surface area contributed by atoms with Crippen LogP contribution in [0.2, 0.25) is 0 Å². The monoisotopic (exact) mass is 505 g/mol. The van der Waals surface area contributed by atoms with Crippen LogP contribution in [-0.2, 0) is 12.3 Å². The molecule has 0 saturated carbocycles. The smallest absolute Gasteiger partial charge is 0.188 e. The molecule has 148 valence electrons. The highest BCUT2D eigenvalue weighted by Gasteiger charge is 2.04. The number of thioether (sulfide) groups is 1. The maximum Gasteiger partial charge on any atom is 0.188 e. The Hall–Kier alpha value is -1.68. The molecule has 0 aliphatic carbocycles. The standard InChI is InChI=1S/C19H24FN3O2S.HI/c1-24-17-8-7-14(11-18(17)25-2)12-23-19(21)22-9-10-26-13-15-5-3-4-6-16(15)20;/h3-8,11H,9-10,12-13H2,1-2H3,(H3,21,22,23);1H. The van der Waals surface area contributed by atoms with Crippen molar-refractivity contribution in [3.05, 3.63) is 59.4 Å².